The lowest BCUT2D eigenvalue weighted by Crippen LogP contribution is -2.22. The number of hydrogen-bond donors (Lipinski definition) is 3. The van der Waals surface area contributed by atoms with Gasteiger partial charge in [-0.15, -0.1) is 0 Å². The van der Waals surface area contributed by atoms with E-state index in [1.165, 1.54) is 29.2 Å². The number of hydrogen-bond acceptors (Lipinski definition) is 4. The lowest BCUT2D eigenvalue weighted by Gasteiger charge is -2.09. The van der Waals surface area contributed by atoms with E-state index in [1.807, 2.05) is 0 Å². The number of carbonyl (C=O) groups excluding carboxylic acids is 1. The third-order valence-electron chi connectivity index (χ3n) is 2.40. The summed E-state index contributed by atoms with van der Waals surface area (Å²) in [6.45, 7) is 0. The summed E-state index contributed by atoms with van der Waals surface area (Å²) in [4.78, 5) is 26.6. The van der Waals surface area contributed by atoms with Crippen LogP contribution in [-0.2, 0) is 7.05 Å². The van der Waals surface area contributed by atoms with E-state index in [2.05, 4.69) is 20.7 Å². The molecule has 2 amide bonds. The van der Waals surface area contributed by atoms with Gasteiger partial charge in [-0.25, -0.2) is 14.3 Å². The second-order valence-electron chi connectivity index (χ2n) is 3.78. The largest absolute Gasteiger partial charge is 0.478 e. The number of anilines is 2. The monoisotopic (exact) mass is 295 g/mol. The van der Waals surface area contributed by atoms with E-state index in [-0.39, 0.29) is 22.2 Å². The molecule has 0 spiro atoms. The molecular formula is C11H10ClN5O3. The van der Waals surface area contributed by atoms with Crippen LogP contribution in [0.4, 0.5) is 16.4 Å². The molecule has 0 aliphatic rings. The summed E-state index contributed by atoms with van der Waals surface area (Å²) >= 11 is 5.72. The second kappa shape index (κ2) is 5.57. The van der Waals surface area contributed by atoms with Gasteiger partial charge in [-0.3, -0.25) is 5.32 Å². The van der Waals surface area contributed by atoms with E-state index in [0.717, 1.165) is 0 Å². The van der Waals surface area contributed by atoms with Gasteiger partial charge in [0.15, 0.2) is 0 Å². The number of halogens is 1. The summed E-state index contributed by atoms with van der Waals surface area (Å²) in [5.41, 5.74) is 0.0205. The maximum Gasteiger partial charge on any atom is 0.337 e. The molecule has 0 unspecified atom stereocenters. The highest BCUT2D eigenvalue weighted by molar-refractivity contribution is 6.31. The topological polar surface area (TPSA) is 109 Å². The lowest BCUT2D eigenvalue weighted by atomic mass is 10.2. The predicted molar refractivity (Wildman–Crippen MR) is 72.1 cm³/mol. The summed E-state index contributed by atoms with van der Waals surface area (Å²) in [5, 5.41) is 17.9. The van der Waals surface area contributed by atoms with E-state index < -0.39 is 12.0 Å². The highest BCUT2D eigenvalue weighted by Gasteiger charge is 2.14. The van der Waals surface area contributed by atoms with Gasteiger partial charge in [0.25, 0.3) is 0 Å². The molecule has 0 aliphatic carbocycles. The van der Waals surface area contributed by atoms with Crippen molar-refractivity contribution < 1.29 is 14.7 Å². The fourth-order valence-electron chi connectivity index (χ4n) is 1.47. The number of aromatic nitrogens is 3. The van der Waals surface area contributed by atoms with Crippen LogP contribution in [0.25, 0.3) is 0 Å². The zero-order valence-corrected chi connectivity index (χ0v) is 11.0. The van der Waals surface area contributed by atoms with Crippen molar-refractivity contribution in [3.05, 3.63) is 35.1 Å². The molecule has 9 heteroatoms. The van der Waals surface area contributed by atoms with E-state index in [4.69, 9.17) is 16.7 Å². The number of benzene rings is 1. The number of nitrogens with one attached hydrogen (secondary N) is 2. The van der Waals surface area contributed by atoms with Gasteiger partial charge in [-0.05, 0) is 18.2 Å². The normalized spacial score (nSPS) is 10.1. The fraction of sp³-hybridized carbons (Fsp3) is 0.0909. The first-order valence-corrected chi connectivity index (χ1v) is 5.80. The third-order valence-corrected chi connectivity index (χ3v) is 2.63. The Labute approximate surface area is 118 Å². The Bertz CT molecular complexity index is 670. The quantitative estimate of drug-likeness (QED) is 0.800. The van der Waals surface area contributed by atoms with Crippen LogP contribution < -0.4 is 10.6 Å². The molecule has 0 atom stereocenters. The van der Waals surface area contributed by atoms with Crippen LogP contribution in [0.3, 0.4) is 0 Å². The molecule has 1 heterocycles. The lowest BCUT2D eigenvalue weighted by molar-refractivity contribution is 0.0698. The van der Waals surface area contributed by atoms with Crippen LogP contribution in [0.1, 0.15) is 10.4 Å². The highest BCUT2D eigenvalue weighted by Crippen LogP contribution is 2.20. The molecule has 2 aromatic rings. The molecule has 8 nitrogen and oxygen atoms in total. The van der Waals surface area contributed by atoms with Crippen LogP contribution in [-0.4, -0.2) is 31.9 Å². The molecule has 0 aliphatic heterocycles. The molecule has 0 saturated carbocycles. The van der Waals surface area contributed by atoms with Crippen molar-refractivity contribution >= 4 is 35.2 Å². The van der Waals surface area contributed by atoms with E-state index in [0.29, 0.717) is 0 Å². The van der Waals surface area contributed by atoms with Crippen molar-refractivity contribution in [3.63, 3.8) is 0 Å². The van der Waals surface area contributed by atoms with Gasteiger partial charge >= 0.3 is 12.0 Å². The van der Waals surface area contributed by atoms with Gasteiger partial charge in [0.05, 0.1) is 11.3 Å². The van der Waals surface area contributed by atoms with Crippen molar-refractivity contribution in [3.8, 4) is 0 Å². The van der Waals surface area contributed by atoms with Gasteiger partial charge in [-0.2, -0.15) is 10.1 Å². The zero-order chi connectivity index (χ0) is 14.7. The van der Waals surface area contributed by atoms with Crippen LogP contribution in [0.2, 0.25) is 5.02 Å². The second-order valence-corrected chi connectivity index (χ2v) is 4.22. The summed E-state index contributed by atoms with van der Waals surface area (Å²) in [6, 6.07) is 3.50. The van der Waals surface area contributed by atoms with Crippen LogP contribution in [0, 0.1) is 0 Å². The van der Waals surface area contributed by atoms with Crippen LogP contribution in [0.15, 0.2) is 24.5 Å². The Balaban J connectivity index is 2.16. The van der Waals surface area contributed by atoms with Gasteiger partial charge in [0.2, 0.25) is 5.95 Å². The van der Waals surface area contributed by atoms with Gasteiger partial charge in [-0.1, -0.05) is 11.6 Å². The molecule has 0 fully saturated rings. The minimum atomic E-state index is -1.19. The first-order chi connectivity index (χ1) is 9.47. The van der Waals surface area contributed by atoms with Crippen molar-refractivity contribution in [2.45, 2.75) is 0 Å². The molecule has 20 heavy (non-hydrogen) atoms. The average molecular weight is 296 g/mol. The summed E-state index contributed by atoms with van der Waals surface area (Å²) in [7, 11) is 1.60. The number of rotatable bonds is 3. The molecule has 0 bridgehead atoms. The molecule has 0 saturated heterocycles. The summed E-state index contributed by atoms with van der Waals surface area (Å²) in [5.74, 6) is -0.963. The Kier molecular flexibility index (Phi) is 3.85. The maximum atomic E-state index is 11.8. The number of urea groups is 1. The fourth-order valence-corrected chi connectivity index (χ4v) is 1.64. The Morgan fingerprint density at radius 1 is 1.35 bits per heavy atom. The smallest absolute Gasteiger partial charge is 0.337 e. The van der Waals surface area contributed by atoms with Gasteiger partial charge < -0.3 is 10.4 Å². The highest BCUT2D eigenvalue weighted by atomic mass is 35.5. The first kappa shape index (κ1) is 13.8. The number of carboxylic acid groups (broad SMARTS) is 1. The molecule has 0 radical (unpaired) electrons. The van der Waals surface area contributed by atoms with Gasteiger partial charge in [0.1, 0.15) is 6.33 Å². The number of amides is 2. The number of carboxylic acids is 1. The van der Waals surface area contributed by atoms with Crippen molar-refractivity contribution in [1.29, 1.82) is 0 Å². The minimum Gasteiger partial charge on any atom is -0.478 e. The standard InChI is InChI=1S/C11H10ClN5O3/c1-17-10(13-5-14-17)16-11(20)15-8-3-2-6(12)4-7(8)9(18)19/h2-5H,1H3,(H,18,19)(H2,13,14,15,16,20). The number of aromatic carboxylic acids is 1. The van der Waals surface area contributed by atoms with Crippen molar-refractivity contribution in [1.82, 2.24) is 14.8 Å². The van der Waals surface area contributed by atoms with Gasteiger partial charge in [0, 0.05) is 12.1 Å². The molecular weight excluding hydrogens is 286 g/mol. The molecule has 3 N–H and O–H groups in total. The van der Waals surface area contributed by atoms with E-state index in [9.17, 15) is 9.59 Å². The zero-order valence-electron chi connectivity index (χ0n) is 10.3. The molecule has 104 valence electrons. The maximum absolute atomic E-state index is 11.8. The average Bonchev–Trinajstić information content (AvgIpc) is 2.77. The van der Waals surface area contributed by atoms with Crippen LogP contribution in [0.5, 0.6) is 0 Å². The molecule has 1 aromatic heterocycles. The number of aryl methyl sites for hydroxylation is 1. The number of nitrogens with zero attached hydrogens (tertiary/aromatic N) is 3. The number of carbonyl (C=O) groups is 2. The Hall–Kier alpha value is -2.61. The van der Waals surface area contributed by atoms with E-state index >= 15 is 0 Å². The first-order valence-electron chi connectivity index (χ1n) is 5.42. The third kappa shape index (κ3) is 3.04. The van der Waals surface area contributed by atoms with E-state index in [1.54, 1.807) is 7.05 Å². The van der Waals surface area contributed by atoms with Crippen molar-refractivity contribution in [2.24, 2.45) is 7.05 Å². The Morgan fingerprint density at radius 3 is 2.70 bits per heavy atom. The van der Waals surface area contributed by atoms with Crippen molar-refractivity contribution in [2.75, 3.05) is 10.6 Å². The SMILES string of the molecule is Cn1ncnc1NC(=O)Nc1ccc(Cl)cc1C(=O)O. The predicted octanol–water partition coefficient (Wildman–Crippen LogP) is 1.81. The summed E-state index contributed by atoms with van der Waals surface area (Å²) in [6.07, 6.45) is 1.28. The minimum absolute atomic E-state index is 0.106. The molecule has 1 aromatic carbocycles. The summed E-state index contributed by atoms with van der Waals surface area (Å²) < 4.78 is 1.36. The Morgan fingerprint density at radius 2 is 2.10 bits per heavy atom. The molecule has 2 rings (SSSR count). The van der Waals surface area contributed by atoms with Crippen LogP contribution >= 0.6 is 11.6 Å².